The molecule has 0 bridgehead atoms. The summed E-state index contributed by atoms with van der Waals surface area (Å²) in [6.07, 6.45) is 0. The fraction of sp³-hybridized carbons (Fsp3) is 0.500. The number of hydrogen-bond donors (Lipinski definition) is 0. The molecule has 1 aromatic carbocycles. The minimum absolute atomic E-state index is 0.0125. The molecule has 0 radical (unpaired) electrons. The van der Waals surface area contributed by atoms with Crippen LogP contribution in [0, 0.1) is 6.92 Å². The van der Waals surface area contributed by atoms with Gasteiger partial charge in [0.1, 0.15) is 6.61 Å². The van der Waals surface area contributed by atoms with E-state index in [4.69, 9.17) is 4.74 Å². The summed E-state index contributed by atoms with van der Waals surface area (Å²) in [6.45, 7) is 8.40. The number of esters is 1. The van der Waals surface area contributed by atoms with Crippen molar-refractivity contribution < 1.29 is 9.53 Å². The lowest BCUT2D eigenvalue weighted by atomic mass is 9.79. The Hall–Kier alpha value is -0.580. The van der Waals surface area contributed by atoms with Crippen molar-refractivity contribution in [2.45, 2.75) is 37.0 Å². The van der Waals surface area contributed by atoms with Crippen molar-refractivity contribution in [2.24, 2.45) is 0 Å². The van der Waals surface area contributed by atoms with Crippen molar-refractivity contribution in [1.29, 1.82) is 0 Å². The largest absolute Gasteiger partial charge is 0.465 e. The van der Waals surface area contributed by atoms with Gasteiger partial charge in [-0.2, -0.15) is 0 Å². The van der Waals surface area contributed by atoms with Crippen LogP contribution < -0.4 is 0 Å². The van der Waals surface area contributed by atoms with Gasteiger partial charge in [-0.15, -0.1) is 0 Å². The van der Waals surface area contributed by atoms with E-state index in [1.807, 2.05) is 6.07 Å². The summed E-state index contributed by atoms with van der Waals surface area (Å²) in [5.41, 5.74) is 2.58. The van der Waals surface area contributed by atoms with Crippen LogP contribution in [-0.2, 0) is 14.9 Å². The number of benzene rings is 1. The maximum atomic E-state index is 10.9. The van der Waals surface area contributed by atoms with E-state index in [1.54, 1.807) is 0 Å². The quantitative estimate of drug-likeness (QED) is 0.473. The number of rotatable bonds is 4. The van der Waals surface area contributed by atoms with Crippen molar-refractivity contribution in [3.8, 4) is 0 Å². The highest BCUT2D eigenvalue weighted by Crippen LogP contribution is 2.34. The molecule has 1 aromatic rings. The second-order valence-electron chi connectivity index (χ2n) is 4.81. The summed E-state index contributed by atoms with van der Waals surface area (Å²) in [5, 5.41) is 0. The van der Waals surface area contributed by atoms with Crippen LogP contribution in [0.2, 0.25) is 0 Å². The van der Waals surface area contributed by atoms with Crippen LogP contribution in [0.4, 0.5) is 0 Å². The van der Waals surface area contributed by atoms with Crippen LogP contribution in [0.3, 0.4) is 0 Å². The monoisotopic (exact) mass is 346 g/mol. The van der Waals surface area contributed by atoms with Gasteiger partial charge >= 0.3 is 5.97 Å². The molecule has 0 heterocycles. The van der Waals surface area contributed by atoms with Crippen LogP contribution in [0.1, 0.15) is 31.9 Å². The number of carbonyl (C=O) groups is 1. The fourth-order valence-electron chi connectivity index (χ4n) is 1.86. The van der Waals surface area contributed by atoms with Gasteiger partial charge in [0, 0.05) is 12.3 Å². The Kier molecular flexibility index (Phi) is 4.98. The van der Waals surface area contributed by atoms with Crippen molar-refractivity contribution in [1.82, 2.24) is 0 Å². The van der Waals surface area contributed by atoms with E-state index >= 15 is 0 Å². The summed E-state index contributed by atoms with van der Waals surface area (Å²) in [5.74, 6) is -0.216. The molecular formula is C14H19IO2. The highest BCUT2D eigenvalue weighted by atomic mass is 127. The molecule has 0 fully saturated rings. The van der Waals surface area contributed by atoms with Gasteiger partial charge in [0.25, 0.3) is 0 Å². The van der Waals surface area contributed by atoms with Gasteiger partial charge < -0.3 is 4.74 Å². The summed E-state index contributed by atoms with van der Waals surface area (Å²) in [7, 11) is 0. The lowest BCUT2D eigenvalue weighted by Gasteiger charge is -2.32. The first kappa shape index (κ1) is 14.5. The first-order valence-corrected chi connectivity index (χ1v) is 6.94. The summed E-state index contributed by atoms with van der Waals surface area (Å²) in [4.78, 5) is 10.9. The number of alkyl halides is 1. The predicted octanol–water partition coefficient (Wildman–Crippen LogP) is 3.64. The number of ether oxygens (including phenoxy) is 1. The van der Waals surface area contributed by atoms with Gasteiger partial charge in [0.2, 0.25) is 0 Å². The second kappa shape index (κ2) is 5.85. The molecule has 1 atom stereocenters. The predicted molar refractivity (Wildman–Crippen MR) is 78.6 cm³/mol. The zero-order valence-corrected chi connectivity index (χ0v) is 12.9. The molecule has 0 aliphatic carbocycles. The first-order chi connectivity index (χ1) is 7.85. The Morgan fingerprint density at radius 1 is 1.41 bits per heavy atom. The minimum Gasteiger partial charge on any atom is -0.465 e. The van der Waals surface area contributed by atoms with Crippen LogP contribution in [0.5, 0.6) is 0 Å². The Morgan fingerprint density at radius 2 is 2.00 bits per heavy atom. The molecule has 1 unspecified atom stereocenters. The van der Waals surface area contributed by atoms with Gasteiger partial charge in [0.05, 0.1) is 3.92 Å². The Labute approximate surface area is 117 Å². The molecule has 94 valence electrons. The molecule has 0 saturated carbocycles. The van der Waals surface area contributed by atoms with E-state index in [2.05, 4.69) is 61.6 Å². The molecule has 1 rings (SSSR count). The molecule has 0 amide bonds. The third-order valence-corrected chi connectivity index (χ3v) is 4.97. The zero-order valence-electron chi connectivity index (χ0n) is 10.8. The fourth-order valence-corrected chi connectivity index (χ4v) is 2.38. The number of carbonyl (C=O) groups excluding carboxylic acids is 1. The molecule has 17 heavy (non-hydrogen) atoms. The maximum Gasteiger partial charge on any atom is 0.302 e. The molecule has 0 aromatic heterocycles. The Bertz CT molecular complexity index is 399. The summed E-state index contributed by atoms with van der Waals surface area (Å²) >= 11 is 2.36. The number of halogens is 1. The van der Waals surface area contributed by atoms with Crippen molar-refractivity contribution in [3.05, 3.63) is 35.4 Å². The standard InChI is InChI=1S/C14H19IO2/c1-10-7-5-6-8-12(10)14(3,4)13(15)9-17-11(2)16/h5-8,13H,9H2,1-4H3. The van der Waals surface area contributed by atoms with Gasteiger partial charge in [-0.3, -0.25) is 4.79 Å². The minimum atomic E-state index is -0.216. The van der Waals surface area contributed by atoms with Gasteiger partial charge in [-0.1, -0.05) is 60.7 Å². The number of aryl methyl sites for hydroxylation is 1. The smallest absolute Gasteiger partial charge is 0.302 e. The first-order valence-electron chi connectivity index (χ1n) is 5.69. The summed E-state index contributed by atoms with van der Waals surface area (Å²) in [6, 6.07) is 8.36. The average molecular weight is 346 g/mol. The topological polar surface area (TPSA) is 26.3 Å². The Morgan fingerprint density at radius 3 is 2.53 bits per heavy atom. The average Bonchev–Trinajstić information content (AvgIpc) is 2.26. The van der Waals surface area contributed by atoms with Crippen molar-refractivity contribution in [2.75, 3.05) is 6.61 Å². The van der Waals surface area contributed by atoms with E-state index in [0.29, 0.717) is 6.61 Å². The molecule has 0 aliphatic rings. The van der Waals surface area contributed by atoms with Crippen LogP contribution >= 0.6 is 22.6 Å². The van der Waals surface area contributed by atoms with Crippen LogP contribution in [0.15, 0.2) is 24.3 Å². The van der Waals surface area contributed by atoms with Gasteiger partial charge in [-0.05, 0) is 18.1 Å². The van der Waals surface area contributed by atoms with E-state index in [0.717, 1.165) is 0 Å². The van der Waals surface area contributed by atoms with E-state index in [1.165, 1.54) is 18.1 Å². The maximum absolute atomic E-state index is 10.9. The molecular weight excluding hydrogens is 327 g/mol. The molecule has 0 saturated heterocycles. The van der Waals surface area contributed by atoms with E-state index in [-0.39, 0.29) is 15.3 Å². The van der Waals surface area contributed by atoms with E-state index < -0.39 is 0 Å². The third-order valence-electron chi connectivity index (χ3n) is 3.06. The van der Waals surface area contributed by atoms with Crippen molar-refractivity contribution in [3.63, 3.8) is 0 Å². The summed E-state index contributed by atoms with van der Waals surface area (Å²) < 4.78 is 5.36. The van der Waals surface area contributed by atoms with E-state index in [9.17, 15) is 4.79 Å². The molecule has 3 heteroatoms. The lowest BCUT2D eigenvalue weighted by molar-refractivity contribution is -0.141. The molecule has 0 spiro atoms. The Balaban J connectivity index is 2.87. The third kappa shape index (κ3) is 3.69. The molecule has 0 aliphatic heterocycles. The van der Waals surface area contributed by atoms with Crippen molar-refractivity contribution >= 4 is 28.6 Å². The normalized spacial score (nSPS) is 13.2. The highest BCUT2D eigenvalue weighted by molar-refractivity contribution is 14.1. The lowest BCUT2D eigenvalue weighted by Crippen LogP contribution is -2.33. The molecule has 2 nitrogen and oxygen atoms in total. The van der Waals surface area contributed by atoms with Crippen LogP contribution in [-0.4, -0.2) is 16.5 Å². The molecule has 0 N–H and O–H groups in total. The highest BCUT2D eigenvalue weighted by Gasteiger charge is 2.31. The SMILES string of the molecule is CC(=O)OCC(I)C(C)(C)c1ccccc1C. The second-order valence-corrected chi connectivity index (χ2v) is 6.31. The zero-order chi connectivity index (χ0) is 13.1. The number of hydrogen-bond acceptors (Lipinski definition) is 2. The van der Waals surface area contributed by atoms with Gasteiger partial charge in [-0.25, -0.2) is 0 Å². The van der Waals surface area contributed by atoms with Crippen LogP contribution in [0.25, 0.3) is 0 Å². The van der Waals surface area contributed by atoms with Gasteiger partial charge in [0.15, 0.2) is 0 Å².